The van der Waals surface area contributed by atoms with E-state index in [4.69, 9.17) is 16.3 Å². The normalized spacial score (nSPS) is 13.3. The van der Waals surface area contributed by atoms with E-state index in [0.29, 0.717) is 17.5 Å². The molecule has 0 radical (unpaired) electrons. The van der Waals surface area contributed by atoms with E-state index < -0.39 is 13.0 Å². The molecule has 0 spiro atoms. The molecule has 2 aromatic rings. The van der Waals surface area contributed by atoms with E-state index >= 15 is 0 Å². The van der Waals surface area contributed by atoms with Crippen LogP contribution in [0.15, 0.2) is 23.0 Å². The highest BCUT2D eigenvalue weighted by molar-refractivity contribution is 6.20. The lowest BCUT2D eigenvalue weighted by Gasteiger charge is -2.10. The third kappa shape index (κ3) is 3.78. The molecule has 0 aliphatic carbocycles. The Balaban J connectivity index is 1.96. The van der Waals surface area contributed by atoms with Crippen LogP contribution in [0.3, 0.4) is 0 Å². The maximum Gasteiger partial charge on any atom is 0.323 e. The van der Waals surface area contributed by atoms with E-state index in [1.807, 2.05) is 0 Å². The summed E-state index contributed by atoms with van der Waals surface area (Å²) in [6.45, 7) is -0.409. The van der Waals surface area contributed by atoms with Gasteiger partial charge in [-0.3, -0.25) is 0 Å². The van der Waals surface area contributed by atoms with Crippen molar-refractivity contribution in [2.24, 2.45) is 0 Å². The molecule has 0 fully saturated rings. The maximum atomic E-state index is 11.9. The summed E-state index contributed by atoms with van der Waals surface area (Å²) in [6.07, 6.45) is -2.04. The van der Waals surface area contributed by atoms with Crippen LogP contribution in [0.4, 0.5) is 8.78 Å². The average Bonchev–Trinajstić information content (AvgIpc) is 2.73. The molecule has 1 atom stereocenters. The second-order valence-electron chi connectivity index (χ2n) is 4.11. The van der Waals surface area contributed by atoms with Crippen molar-refractivity contribution in [1.82, 2.24) is 9.97 Å². The summed E-state index contributed by atoms with van der Waals surface area (Å²) in [5, 5.41) is -0.347. The van der Waals surface area contributed by atoms with Crippen LogP contribution in [0, 0.1) is 0 Å². The van der Waals surface area contributed by atoms with Crippen LogP contribution in [-0.2, 0) is 4.74 Å². The second-order valence-corrected chi connectivity index (χ2v) is 4.63. The molecular formula is C12H13ClF2N2O2. The van der Waals surface area contributed by atoms with Crippen LogP contribution in [0.2, 0.25) is 0 Å². The number of rotatable bonds is 6. The molecule has 7 heteroatoms. The first-order chi connectivity index (χ1) is 9.06. The Morgan fingerprint density at radius 2 is 2.00 bits per heavy atom. The molecule has 0 saturated heterocycles. The van der Waals surface area contributed by atoms with Gasteiger partial charge in [0.2, 0.25) is 0 Å². The van der Waals surface area contributed by atoms with Crippen molar-refractivity contribution in [3.8, 4) is 0 Å². The Kier molecular flexibility index (Phi) is 4.55. The number of H-pyrrole nitrogens is 2. The predicted molar refractivity (Wildman–Crippen MR) is 69.0 cm³/mol. The van der Waals surface area contributed by atoms with Gasteiger partial charge in [0.05, 0.1) is 16.4 Å². The number of ether oxygens (including phenoxy) is 1. The number of aromatic nitrogens is 2. The molecule has 2 rings (SSSR count). The zero-order chi connectivity index (χ0) is 13.8. The minimum Gasteiger partial charge on any atom is -0.375 e. The molecule has 4 nitrogen and oxygen atoms in total. The molecule has 2 N–H and O–H groups in total. The van der Waals surface area contributed by atoms with E-state index in [9.17, 15) is 13.6 Å². The third-order valence-electron chi connectivity index (χ3n) is 2.66. The van der Waals surface area contributed by atoms with Gasteiger partial charge in [-0.15, -0.1) is 11.6 Å². The number of halogens is 3. The van der Waals surface area contributed by atoms with Crippen LogP contribution in [0.5, 0.6) is 0 Å². The number of alkyl halides is 3. The summed E-state index contributed by atoms with van der Waals surface area (Å²) in [5.41, 5.74) is 1.90. The van der Waals surface area contributed by atoms with Gasteiger partial charge in [-0.1, -0.05) is 6.07 Å². The number of aromatic amines is 2. The smallest absolute Gasteiger partial charge is 0.323 e. The zero-order valence-corrected chi connectivity index (χ0v) is 10.7. The molecule has 104 valence electrons. The van der Waals surface area contributed by atoms with Crippen molar-refractivity contribution in [2.45, 2.75) is 18.2 Å². The molecule has 0 saturated carbocycles. The number of hydrogen-bond donors (Lipinski definition) is 2. The topological polar surface area (TPSA) is 57.9 Å². The molecule has 0 bridgehead atoms. The van der Waals surface area contributed by atoms with E-state index in [1.54, 1.807) is 18.2 Å². The molecule has 0 aliphatic rings. The zero-order valence-electron chi connectivity index (χ0n) is 9.96. The average molecular weight is 291 g/mol. The van der Waals surface area contributed by atoms with Gasteiger partial charge < -0.3 is 14.7 Å². The molecule has 1 aromatic heterocycles. The van der Waals surface area contributed by atoms with Crippen molar-refractivity contribution in [3.63, 3.8) is 0 Å². The van der Waals surface area contributed by atoms with Gasteiger partial charge >= 0.3 is 5.69 Å². The van der Waals surface area contributed by atoms with Gasteiger partial charge in [0.25, 0.3) is 6.43 Å². The van der Waals surface area contributed by atoms with Crippen LogP contribution in [-0.4, -0.2) is 29.6 Å². The summed E-state index contributed by atoms with van der Waals surface area (Å²) < 4.78 is 28.5. The fourth-order valence-corrected chi connectivity index (χ4v) is 2.00. The SMILES string of the molecule is O=c1[nH]c2ccc(C(Cl)CCOCC(F)F)cc2[nH]1. The quantitative estimate of drug-likeness (QED) is 0.635. The molecule has 1 heterocycles. The molecule has 1 unspecified atom stereocenters. The standard InChI is InChI=1S/C12H13ClF2N2O2/c13-8(3-4-19-6-11(14)15)7-1-2-9-10(5-7)17-12(18)16-9/h1-2,5,8,11H,3-4,6H2,(H2,16,17,18). The second kappa shape index (κ2) is 6.16. The van der Waals surface area contributed by atoms with Gasteiger partial charge in [-0.2, -0.15) is 0 Å². The Labute approximate surface area is 112 Å². The van der Waals surface area contributed by atoms with Crippen LogP contribution < -0.4 is 5.69 Å². The monoisotopic (exact) mass is 290 g/mol. The molecule has 0 aliphatic heterocycles. The molecular weight excluding hydrogens is 278 g/mol. The van der Waals surface area contributed by atoms with Gasteiger partial charge in [-0.25, -0.2) is 13.6 Å². The van der Waals surface area contributed by atoms with Crippen molar-refractivity contribution in [1.29, 1.82) is 0 Å². The Bertz CT molecular complexity index is 597. The van der Waals surface area contributed by atoms with Gasteiger partial charge in [-0.05, 0) is 24.1 Å². The number of benzene rings is 1. The minimum atomic E-state index is -2.46. The van der Waals surface area contributed by atoms with E-state index in [2.05, 4.69) is 9.97 Å². The lowest BCUT2D eigenvalue weighted by Crippen LogP contribution is -2.06. The number of fused-ring (bicyclic) bond motifs is 1. The summed E-state index contributed by atoms with van der Waals surface area (Å²) in [4.78, 5) is 16.4. The summed E-state index contributed by atoms with van der Waals surface area (Å²) >= 11 is 6.16. The fourth-order valence-electron chi connectivity index (χ4n) is 1.77. The van der Waals surface area contributed by atoms with E-state index in [0.717, 1.165) is 5.56 Å². The van der Waals surface area contributed by atoms with Crippen LogP contribution >= 0.6 is 11.6 Å². The summed E-state index contributed by atoms with van der Waals surface area (Å²) in [7, 11) is 0. The first kappa shape index (κ1) is 14.0. The number of nitrogens with one attached hydrogen (secondary N) is 2. The third-order valence-corrected chi connectivity index (χ3v) is 3.13. The number of hydrogen-bond acceptors (Lipinski definition) is 2. The van der Waals surface area contributed by atoms with E-state index in [-0.39, 0.29) is 17.7 Å². The Morgan fingerprint density at radius 1 is 1.26 bits per heavy atom. The van der Waals surface area contributed by atoms with Crippen LogP contribution in [0.1, 0.15) is 17.4 Å². The highest BCUT2D eigenvalue weighted by Crippen LogP contribution is 2.26. The Hall–Kier alpha value is -1.40. The summed E-state index contributed by atoms with van der Waals surface area (Å²) in [5.74, 6) is 0. The highest BCUT2D eigenvalue weighted by Gasteiger charge is 2.10. The van der Waals surface area contributed by atoms with Crippen molar-refractivity contribution >= 4 is 22.6 Å². The van der Waals surface area contributed by atoms with Gasteiger partial charge in [0, 0.05) is 6.61 Å². The minimum absolute atomic E-state index is 0.167. The number of imidazole rings is 1. The van der Waals surface area contributed by atoms with Gasteiger partial charge in [0.15, 0.2) is 0 Å². The van der Waals surface area contributed by atoms with Gasteiger partial charge in [0.1, 0.15) is 6.61 Å². The lowest BCUT2D eigenvalue weighted by atomic mass is 10.1. The molecule has 1 aromatic carbocycles. The van der Waals surface area contributed by atoms with E-state index in [1.165, 1.54) is 0 Å². The fraction of sp³-hybridized carbons (Fsp3) is 0.417. The molecule has 19 heavy (non-hydrogen) atoms. The maximum absolute atomic E-state index is 11.9. The highest BCUT2D eigenvalue weighted by atomic mass is 35.5. The largest absolute Gasteiger partial charge is 0.375 e. The van der Waals surface area contributed by atoms with Crippen molar-refractivity contribution in [2.75, 3.05) is 13.2 Å². The van der Waals surface area contributed by atoms with Crippen molar-refractivity contribution < 1.29 is 13.5 Å². The first-order valence-electron chi connectivity index (χ1n) is 5.78. The predicted octanol–water partition coefficient (Wildman–Crippen LogP) is 2.81. The first-order valence-corrected chi connectivity index (χ1v) is 6.22. The van der Waals surface area contributed by atoms with Crippen molar-refractivity contribution in [3.05, 3.63) is 34.2 Å². The lowest BCUT2D eigenvalue weighted by molar-refractivity contribution is 0.0165. The Morgan fingerprint density at radius 3 is 2.74 bits per heavy atom. The molecule has 0 amide bonds. The van der Waals surface area contributed by atoms with Crippen LogP contribution in [0.25, 0.3) is 11.0 Å². The summed E-state index contributed by atoms with van der Waals surface area (Å²) in [6, 6.07) is 5.30.